The summed E-state index contributed by atoms with van der Waals surface area (Å²) >= 11 is 0. The van der Waals surface area contributed by atoms with Crippen LogP contribution in [-0.2, 0) is 13.2 Å². The predicted molar refractivity (Wildman–Crippen MR) is 111 cm³/mol. The van der Waals surface area contributed by atoms with E-state index < -0.39 is 17.8 Å². The molecule has 0 bridgehead atoms. The molecule has 2 heterocycles. The highest BCUT2D eigenvalue weighted by Crippen LogP contribution is 2.31. The van der Waals surface area contributed by atoms with E-state index in [0.29, 0.717) is 18.4 Å². The molecule has 0 aliphatic carbocycles. The minimum absolute atomic E-state index is 0.0589. The summed E-state index contributed by atoms with van der Waals surface area (Å²) in [5.41, 5.74) is 0.402. The number of hydrogen-bond acceptors (Lipinski definition) is 4. The number of aryl methyl sites for hydroxylation is 1. The van der Waals surface area contributed by atoms with E-state index in [9.17, 15) is 18.3 Å². The van der Waals surface area contributed by atoms with Crippen LogP contribution in [0.2, 0.25) is 0 Å². The summed E-state index contributed by atoms with van der Waals surface area (Å²) < 4.78 is 45.5. The maximum atomic E-state index is 12.8. The van der Waals surface area contributed by atoms with E-state index in [1.807, 2.05) is 26.4 Å². The van der Waals surface area contributed by atoms with Crippen LogP contribution < -0.4 is 10.1 Å². The number of likely N-dealkylation sites (tertiary alicyclic amines) is 1. The standard InChI is InChI=1S/C21H28F3N5O2/c1-3-25-20(29-8-7-15(13-29)16-10-27-28(2)12-16)26-11-18(30)14-31-19-6-4-5-17(9-19)21(22,23)24/h4-6,9-10,12,15,18,30H,3,7-8,11,13-14H2,1-2H3,(H,25,26). The number of ether oxygens (including phenoxy) is 1. The molecule has 0 spiro atoms. The Kier molecular flexibility index (Phi) is 7.42. The van der Waals surface area contributed by atoms with Gasteiger partial charge in [0.2, 0.25) is 0 Å². The molecule has 1 aromatic heterocycles. The van der Waals surface area contributed by atoms with E-state index in [1.165, 1.54) is 17.7 Å². The van der Waals surface area contributed by atoms with E-state index in [-0.39, 0.29) is 18.9 Å². The monoisotopic (exact) mass is 439 g/mol. The molecule has 2 N–H and O–H groups in total. The van der Waals surface area contributed by atoms with Crippen molar-refractivity contribution in [1.29, 1.82) is 0 Å². The second kappa shape index (κ2) is 10.0. The number of nitrogens with one attached hydrogen (secondary N) is 1. The molecule has 2 atom stereocenters. The number of aromatic nitrogens is 2. The van der Waals surface area contributed by atoms with E-state index in [0.717, 1.165) is 31.6 Å². The fourth-order valence-corrected chi connectivity index (χ4v) is 3.50. The molecule has 7 nitrogen and oxygen atoms in total. The molecule has 2 unspecified atom stereocenters. The fourth-order valence-electron chi connectivity index (χ4n) is 3.50. The second-order valence-electron chi connectivity index (χ2n) is 7.56. The maximum Gasteiger partial charge on any atom is 0.416 e. The van der Waals surface area contributed by atoms with Gasteiger partial charge in [-0.3, -0.25) is 9.67 Å². The molecule has 1 aliphatic rings. The third-order valence-corrected chi connectivity index (χ3v) is 5.07. The average molecular weight is 439 g/mol. The van der Waals surface area contributed by atoms with Gasteiger partial charge in [0.15, 0.2) is 5.96 Å². The van der Waals surface area contributed by atoms with Gasteiger partial charge in [-0.15, -0.1) is 0 Å². The maximum absolute atomic E-state index is 12.8. The summed E-state index contributed by atoms with van der Waals surface area (Å²) in [5, 5.41) is 17.7. The Balaban J connectivity index is 1.54. The number of alkyl halides is 3. The number of nitrogens with zero attached hydrogens (tertiary/aromatic N) is 4. The van der Waals surface area contributed by atoms with Crippen LogP contribution in [0.5, 0.6) is 5.75 Å². The van der Waals surface area contributed by atoms with Gasteiger partial charge in [-0.1, -0.05) is 6.07 Å². The Morgan fingerprint density at radius 3 is 2.90 bits per heavy atom. The summed E-state index contributed by atoms with van der Waals surface area (Å²) in [5.74, 6) is 1.13. The van der Waals surface area contributed by atoms with E-state index in [4.69, 9.17) is 4.74 Å². The normalized spacial score (nSPS) is 18.3. The molecule has 1 aromatic carbocycles. The van der Waals surface area contributed by atoms with Crippen LogP contribution in [0.15, 0.2) is 41.7 Å². The lowest BCUT2D eigenvalue weighted by Crippen LogP contribution is -2.40. The Labute approximate surface area is 179 Å². The van der Waals surface area contributed by atoms with Crippen LogP contribution in [-0.4, -0.2) is 64.6 Å². The van der Waals surface area contributed by atoms with Gasteiger partial charge in [0.05, 0.1) is 18.3 Å². The molecule has 3 rings (SSSR count). The molecule has 0 saturated carbocycles. The van der Waals surface area contributed by atoms with Crippen molar-refractivity contribution in [3.63, 3.8) is 0 Å². The lowest BCUT2D eigenvalue weighted by Gasteiger charge is -2.22. The molecular formula is C21H28F3N5O2. The van der Waals surface area contributed by atoms with Crippen LogP contribution in [0.3, 0.4) is 0 Å². The van der Waals surface area contributed by atoms with Gasteiger partial charge in [-0.25, -0.2) is 0 Å². The lowest BCUT2D eigenvalue weighted by molar-refractivity contribution is -0.137. The highest BCUT2D eigenvalue weighted by atomic mass is 19.4. The first-order valence-corrected chi connectivity index (χ1v) is 10.3. The smallest absolute Gasteiger partial charge is 0.416 e. The van der Waals surface area contributed by atoms with Crippen molar-refractivity contribution in [2.45, 2.75) is 31.5 Å². The summed E-state index contributed by atoms with van der Waals surface area (Å²) in [6.07, 6.45) is -0.496. The number of halogens is 3. The van der Waals surface area contributed by atoms with Gasteiger partial charge >= 0.3 is 6.18 Å². The zero-order valence-electron chi connectivity index (χ0n) is 17.6. The van der Waals surface area contributed by atoms with E-state index in [1.54, 1.807) is 4.68 Å². The molecule has 2 aromatic rings. The Morgan fingerprint density at radius 2 is 2.23 bits per heavy atom. The van der Waals surface area contributed by atoms with Gasteiger partial charge in [0, 0.05) is 38.8 Å². The number of benzene rings is 1. The van der Waals surface area contributed by atoms with Crippen molar-refractivity contribution < 1.29 is 23.0 Å². The summed E-state index contributed by atoms with van der Waals surface area (Å²) in [6, 6.07) is 4.60. The largest absolute Gasteiger partial charge is 0.491 e. The van der Waals surface area contributed by atoms with Crippen LogP contribution in [0.4, 0.5) is 13.2 Å². The number of rotatable bonds is 7. The number of aliphatic hydroxyl groups is 1. The minimum Gasteiger partial charge on any atom is -0.491 e. The van der Waals surface area contributed by atoms with Crippen molar-refractivity contribution in [3.8, 4) is 5.75 Å². The van der Waals surface area contributed by atoms with Gasteiger partial charge < -0.3 is 20.1 Å². The Bertz CT molecular complexity index is 884. The van der Waals surface area contributed by atoms with Gasteiger partial charge in [0.1, 0.15) is 18.5 Å². The van der Waals surface area contributed by atoms with Crippen molar-refractivity contribution >= 4 is 5.96 Å². The third kappa shape index (κ3) is 6.36. The van der Waals surface area contributed by atoms with Crippen LogP contribution >= 0.6 is 0 Å². The van der Waals surface area contributed by atoms with Crippen LogP contribution in [0, 0.1) is 0 Å². The zero-order valence-corrected chi connectivity index (χ0v) is 17.6. The number of aliphatic hydroxyl groups excluding tert-OH is 1. The molecule has 1 fully saturated rings. The van der Waals surface area contributed by atoms with Gasteiger partial charge in [-0.2, -0.15) is 18.3 Å². The SMILES string of the molecule is CCNC(=NCC(O)COc1cccc(C(F)(F)F)c1)N1CCC(c2cnn(C)c2)C1. The van der Waals surface area contributed by atoms with Gasteiger partial charge in [-0.05, 0) is 37.1 Å². The van der Waals surface area contributed by atoms with E-state index >= 15 is 0 Å². The summed E-state index contributed by atoms with van der Waals surface area (Å²) in [6.45, 7) is 4.22. The predicted octanol–water partition coefficient (Wildman–Crippen LogP) is 2.63. The van der Waals surface area contributed by atoms with Crippen molar-refractivity contribution in [1.82, 2.24) is 20.0 Å². The van der Waals surface area contributed by atoms with E-state index in [2.05, 4.69) is 20.3 Å². The third-order valence-electron chi connectivity index (χ3n) is 5.07. The zero-order chi connectivity index (χ0) is 22.4. The second-order valence-corrected chi connectivity index (χ2v) is 7.56. The number of guanidine groups is 1. The molecule has 0 radical (unpaired) electrons. The first-order valence-electron chi connectivity index (χ1n) is 10.3. The molecule has 1 saturated heterocycles. The lowest BCUT2D eigenvalue weighted by atomic mass is 10.0. The molecule has 1 aliphatic heterocycles. The van der Waals surface area contributed by atoms with Crippen molar-refractivity contribution in [3.05, 3.63) is 47.8 Å². The average Bonchev–Trinajstić information content (AvgIpc) is 3.38. The fraction of sp³-hybridized carbons (Fsp3) is 0.524. The Hall–Kier alpha value is -2.75. The quantitative estimate of drug-likeness (QED) is 0.513. The summed E-state index contributed by atoms with van der Waals surface area (Å²) in [4.78, 5) is 6.64. The first-order chi connectivity index (χ1) is 14.8. The first kappa shape index (κ1) is 22.9. The van der Waals surface area contributed by atoms with Crippen molar-refractivity contribution in [2.75, 3.05) is 32.8 Å². The Morgan fingerprint density at radius 1 is 1.42 bits per heavy atom. The van der Waals surface area contributed by atoms with Crippen LogP contribution in [0.25, 0.3) is 0 Å². The van der Waals surface area contributed by atoms with Crippen LogP contribution in [0.1, 0.15) is 30.4 Å². The highest BCUT2D eigenvalue weighted by Gasteiger charge is 2.30. The summed E-state index contributed by atoms with van der Waals surface area (Å²) in [7, 11) is 1.89. The molecule has 0 amide bonds. The number of aliphatic imine (C=N–C) groups is 1. The minimum atomic E-state index is -4.44. The molecule has 170 valence electrons. The van der Waals surface area contributed by atoms with Crippen molar-refractivity contribution in [2.24, 2.45) is 12.0 Å². The number of hydrogen-bond donors (Lipinski definition) is 2. The molecule has 31 heavy (non-hydrogen) atoms. The topological polar surface area (TPSA) is 74.9 Å². The molecule has 10 heteroatoms. The highest BCUT2D eigenvalue weighted by molar-refractivity contribution is 5.80. The van der Waals surface area contributed by atoms with Gasteiger partial charge in [0.25, 0.3) is 0 Å². The molecular weight excluding hydrogens is 411 g/mol.